The van der Waals surface area contributed by atoms with Gasteiger partial charge in [-0.05, 0) is 30.2 Å². The van der Waals surface area contributed by atoms with E-state index < -0.39 is 0 Å². The van der Waals surface area contributed by atoms with Crippen LogP contribution >= 0.6 is 15.9 Å². The van der Waals surface area contributed by atoms with E-state index in [1.807, 2.05) is 18.2 Å². The van der Waals surface area contributed by atoms with Crippen LogP contribution in [0, 0.1) is 0 Å². The van der Waals surface area contributed by atoms with Crippen LogP contribution in [0.5, 0.6) is 0 Å². The number of hydrogen-bond acceptors (Lipinski definition) is 1. The highest BCUT2D eigenvalue weighted by molar-refractivity contribution is 9.10. The number of hydrogen-bond donors (Lipinski definition) is 2. The van der Waals surface area contributed by atoms with Gasteiger partial charge < -0.3 is 10.7 Å². The first kappa shape index (κ1) is 10.3. The molecule has 3 heteroatoms. The topological polar surface area (TPSA) is 41.8 Å². The lowest BCUT2D eigenvalue weighted by atomic mass is 10.1. The van der Waals surface area contributed by atoms with Gasteiger partial charge in [-0.25, -0.2) is 0 Å². The molecule has 2 nitrogen and oxygen atoms in total. The molecule has 0 aliphatic carbocycles. The van der Waals surface area contributed by atoms with Crippen LogP contribution in [0.15, 0.2) is 34.8 Å². The average molecular weight is 265 g/mol. The molecule has 0 spiro atoms. The third kappa shape index (κ3) is 2.07. The van der Waals surface area contributed by atoms with Crippen molar-refractivity contribution in [1.29, 1.82) is 0 Å². The van der Waals surface area contributed by atoms with Gasteiger partial charge in [0.15, 0.2) is 0 Å². The van der Waals surface area contributed by atoms with Gasteiger partial charge >= 0.3 is 0 Å². The lowest BCUT2D eigenvalue weighted by Crippen LogP contribution is -1.87. The number of H-pyrrole nitrogens is 1. The third-order valence-electron chi connectivity index (χ3n) is 2.44. The van der Waals surface area contributed by atoms with Crippen LogP contribution in [0.4, 0.5) is 5.69 Å². The molecule has 1 heterocycles. The van der Waals surface area contributed by atoms with Gasteiger partial charge in [-0.1, -0.05) is 35.0 Å². The van der Waals surface area contributed by atoms with E-state index in [1.165, 1.54) is 0 Å². The Morgan fingerprint density at radius 3 is 2.47 bits per heavy atom. The van der Waals surface area contributed by atoms with Crippen LogP contribution in [0.3, 0.4) is 0 Å². The van der Waals surface area contributed by atoms with E-state index in [0.717, 1.165) is 33.5 Å². The molecular weight excluding hydrogens is 252 g/mol. The number of halogens is 1. The van der Waals surface area contributed by atoms with E-state index in [0.29, 0.717) is 0 Å². The van der Waals surface area contributed by atoms with Crippen molar-refractivity contribution in [2.75, 3.05) is 5.73 Å². The molecule has 0 atom stereocenters. The molecule has 0 aliphatic heterocycles. The smallest absolute Gasteiger partial charge is 0.0531 e. The number of rotatable bonds is 2. The molecule has 0 fully saturated rings. The molecular formula is C12H13BrN2. The van der Waals surface area contributed by atoms with Gasteiger partial charge in [0.05, 0.1) is 5.69 Å². The normalized spacial score (nSPS) is 10.5. The van der Waals surface area contributed by atoms with Crippen molar-refractivity contribution in [3.8, 4) is 11.3 Å². The molecule has 15 heavy (non-hydrogen) atoms. The van der Waals surface area contributed by atoms with E-state index >= 15 is 0 Å². The van der Waals surface area contributed by atoms with Crippen LogP contribution in [-0.2, 0) is 6.42 Å². The number of aryl methyl sites for hydroxylation is 1. The number of aromatic amines is 1. The maximum atomic E-state index is 5.88. The highest BCUT2D eigenvalue weighted by atomic mass is 79.9. The van der Waals surface area contributed by atoms with E-state index in [-0.39, 0.29) is 0 Å². The quantitative estimate of drug-likeness (QED) is 0.856. The van der Waals surface area contributed by atoms with Crippen molar-refractivity contribution in [3.05, 3.63) is 40.5 Å². The highest BCUT2D eigenvalue weighted by Gasteiger charge is 2.04. The Labute approximate surface area is 97.6 Å². The predicted molar refractivity (Wildman–Crippen MR) is 67.7 cm³/mol. The van der Waals surface area contributed by atoms with E-state index in [9.17, 15) is 0 Å². The zero-order valence-electron chi connectivity index (χ0n) is 8.55. The predicted octanol–water partition coefficient (Wildman–Crippen LogP) is 3.59. The van der Waals surface area contributed by atoms with Crippen molar-refractivity contribution in [1.82, 2.24) is 4.98 Å². The Balaban J connectivity index is 2.41. The minimum absolute atomic E-state index is 0.843. The molecule has 0 saturated heterocycles. The SMILES string of the molecule is CCc1[nH]c(-c2ccc(Br)cc2)cc1N. The van der Waals surface area contributed by atoms with E-state index in [4.69, 9.17) is 5.73 Å². The molecule has 0 saturated carbocycles. The van der Waals surface area contributed by atoms with Gasteiger partial charge in [0.25, 0.3) is 0 Å². The monoisotopic (exact) mass is 264 g/mol. The second-order valence-electron chi connectivity index (χ2n) is 3.48. The fourth-order valence-corrected chi connectivity index (χ4v) is 1.86. The number of nitrogens with one attached hydrogen (secondary N) is 1. The van der Waals surface area contributed by atoms with Crippen molar-refractivity contribution in [2.45, 2.75) is 13.3 Å². The summed E-state index contributed by atoms with van der Waals surface area (Å²) in [7, 11) is 0. The molecule has 0 aliphatic rings. The molecule has 1 aromatic carbocycles. The first-order valence-electron chi connectivity index (χ1n) is 4.94. The number of nitrogens with two attached hydrogens (primary N) is 1. The summed E-state index contributed by atoms with van der Waals surface area (Å²) in [6.45, 7) is 2.09. The fourth-order valence-electron chi connectivity index (χ4n) is 1.59. The standard InChI is InChI=1S/C12H13BrN2/c1-2-11-10(14)7-12(15-11)8-3-5-9(13)6-4-8/h3-7,15H,2,14H2,1H3. The van der Waals surface area contributed by atoms with Gasteiger partial charge in [0, 0.05) is 15.9 Å². The van der Waals surface area contributed by atoms with E-state index in [1.54, 1.807) is 0 Å². The molecule has 0 bridgehead atoms. The van der Waals surface area contributed by atoms with Crippen LogP contribution in [0.2, 0.25) is 0 Å². The van der Waals surface area contributed by atoms with Crippen molar-refractivity contribution in [3.63, 3.8) is 0 Å². The zero-order valence-corrected chi connectivity index (χ0v) is 10.1. The van der Waals surface area contributed by atoms with Gasteiger partial charge in [-0.3, -0.25) is 0 Å². The Kier molecular flexibility index (Phi) is 2.82. The van der Waals surface area contributed by atoms with Gasteiger partial charge in [0.2, 0.25) is 0 Å². The summed E-state index contributed by atoms with van der Waals surface area (Å²) in [5.74, 6) is 0. The van der Waals surface area contributed by atoms with Crippen LogP contribution in [0.25, 0.3) is 11.3 Å². The minimum atomic E-state index is 0.843. The molecule has 78 valence electrons. The molecule has 0 amide bonds. The number of anilines is 1. The van der Waals surface area contributed by atoms with Crippen molar-refractivity contribution in [2.24, 2.45) is 0 Å². The summed E-state index contributed by atoms with van der Waals surface area (Å²) in [5.41, 5.74) is 10.1. The summed E-state index contributed by atoms with van der Waals surface area (Å²) in [6.07, 6.45) is 0.933. The number of nitrogen functional groups attached to an aromatic ring is 1. The average Bonchev–Trinajstić information content (AvgIpc) is 2.61. The zero-order chi connectivity index (χ0) is 10.8. The summed E-state index contributed by atoms with van der Waals surface area (Å²) < 4.78 is 1.08. The van der Waals surface area contributed by atoms with Gasteiger partial charge in [-0.2, -0.15) is 0 Å². The molecule has 2 aromatic rings. The van der Waals surface area contributed by atoms with Gasteiger partial charge in [-0.15, -0.1) is 0 Å². The summed E-state index contributed by atoms with van der Waals surface area (Å²) >= 11 is 3.42. The third-order valence-corrected chi connectivity index (χ3v) is 2.97. The molecule has 3 N–H and O–H groups in total. The number of benzene rings is 1. The first-order valence-corrected chi connectivity index (χ1v) is 5.73. The number of aromatic nitrogens is 1. The molecule has 1 aromatic heterocycles. The summed E-state index contributed by atoms with van der Waals surface area (Å²) in [5, 5.41) is 0. The van der Waals surface area contributed by atoms with Crippen LogP contribution in [0.1, 0.15) is 12.6 Å². The first-order chi connectivity index (χ1) is 7.20. The lowest BCUT2D eigenvalue weighted by molar-refractivity contribution is 1.07. The second-order valence-corrected chi connectivity index (χ2v) is 4.39. The van der Waals surface area contributed by atoms with E-state index in [2.05, 4.69) is 40.0 Å². The summed E-state index contributed by atoms with van der Waals surface area (Å²) in [4.78, 5) is 3.33. The summed E-state index contributed by atoms with van der Waals surface area (Å²) in [6, 6.07) is 10.2. The maximum Gasteiger partial charge on any atom is 0.0531 e. The Bertz CT molecular complexity index is 457. The van der Waals surface area contributed by atoms with Crippen molar-refractivity contribution >= 4 is 21.6 Å². The Morgan fingerprint density at radius 2 is 1.93 bits per heavy atom. The molecule has 0 radical (unpaired) electrons. The van der Waals surface area contributed by atoms with Gasteiger partial charge in [0.1, 0.15) is 0 Å². The lowest BCUT2D eigenvalue weighted by Gasteiger charge is -1.97. The molecule has 2 rings (SSSR count). The highest BCUT2D eigenvalue weighted by Crippen LogP contribution is 2.25. The fraction of sp³-hybridized carbons (Fsp3) is 0.167. The molecule has 0 unspecified atom stereocenters. The van der Waals surface area contributed by atoms with Crippen LogP contribution in [-0.4, -0.2) is 4.98 Å². The Hall–Kier alpha value is -1.22. The van der Waals surface area contributed by atoms with Crippen molar-refractivity contribution < 1.29 is 0 Å². The largest absolute Gasteiger partial charge is 0.397 e. The second kappa shape index (κ2) is 4.11. The maximum absolute atomic E-state index is 5.88. The minimum Gasteiger partial charge on any atom is -0.397 e. The Morgan fingerprint density at radius 1 is 1.27 bits per heavy atom. The van der Waals surface area contributed by atoms with Crippen LogP contribution < -0.4 is 5.73 Å².